The van der Waals surface area contributed by atoms with E-state index in [0.717, 1.165) is 16.7 Å². The molecule has 1 aliphatic carbocycles. The number of carbonyl (C=O) groups excluding carboxylic acids is 1. The molecule has 0 amide bonds. The molecule has 0 spiro atoms. The van der Waals surface area contributed by atoms with Crippen LogP contribution in [0, 0.1) is 6.92 Å². The van der Waals surface area contributed by atoms with Crippen molar-refractivity contribution in [3.8, 4) is 11.7 Å². The number of carbonyl (C=O) groups is 1. The lowest BCUT2D eigenvalue weighted by atomic mass is 9.77. The van der Waals surface area contributed by atoms with Crippen LogP contribution in [0.1, 0.15) is 28.5 Å². The number of halogens is 1. The van der Waals surface area contributed by atoms with Gasteiger partial charge in [0.05, 0.1) is 12.2 Å². The van der Waals surface area contributed by atoms with Crippen molar-refractivity contribution in [2.75, 3.05) is 0 Å². The van der Waals surface area contributed by atoms with E-state index >= 15 is 0 Å². The molecule has 2 aromatic heterocycles. The largest absolute Gasteiger partial charge is 0.459 e. The normalized spacial score (nSPS) is 15.7. The minimum absolute atomic E-state index is 0.0714. The molecular formula is C17H13ClN2O4. The molecule has 1 aliphatic rings. The first kappa shape index (κ1) is 15.0. The molecule has 1 aromatic carbocycles. The summed E-state index contributed by atoms with van der Waals surface area (Å²) in [6.45, 7) is 1.81. The lowest BCUT2D eigenvalue weighted by molar-refractivity contribution is -0.148. The highest BCUT2D eigenvalue weighted by atomic mass is 35.5. The first-order valence-electron chi connectivity index (χ1n) is 7.44. The van der Waals surface area contributed by atoms with E-state index < -0.39 is 0 Å². The minimum atomic E-state index is -0.321. The van der Waals surface area contributed by atoms with E-state index in [4.69, 9.17) is 25.2 Å². The van der Waals surface area contributed by atoms with Crippen molar-refractivity contribution in [1.29, 1.82) is 0 Å². The second-order valence-corrected chi connectivity index (χ2v) is 6.01. The van der Waals surface area contributed by atoms with Gasteiger partial charge in [0.25, 0.3) is 11.8 Å². The molecule has 0 fully saturated rings. The summed E-state index contributed by atoms with van der Waals surface area (Å²) in [5, 5.41) is 8.46. The van der Waals surface area contributed by atoms with Crippen molar-refractivity contribution in [2.24, 2.45) is 0 Å². The van der Waals surface area contributed by atoms with E-state index in [-0.39, 0.29) is 30.3 Å². The molecule has 0 radical (unpaired) electrons. The van der Waals surface area contributed by atoms with Crippen LogP contribution in [0.4, 0.5) is 0 Å². The summed E-state index contributed by atoms with van der Waals surface area (Å²) in [5.41, 5.74) is 2.82. The van der Waals surface area contributed by atoms with Crippen LogP contribution in [0.15, 0.2) is 39.4 Å². The smallest absolute Gasteiger partial charge is 0.314 e. The number of fused-ring (bicyclic) bond motifs is 1. The number of benzene rings is 1. The van der Waals surface area contributed by atoms with Gasteiger partial charge in [-0.2, -0.15) is 0 Å². The molecule has 7 heteroatoms. The molecule has 1 atom stereocenters. The topological polar surface area (TPSA) is 78.4 Å². The van der Waals surface area contributed by atoms with Crippen molar-refractivity contribution in [3.05, 3.63) is 58.1 Å². The van der Waals surface area contributed by atoms with Crippen LogP contribution in [0.3, 0.4) is 0 Å². The van der Waals surface area contributed by atoms with Gasteiger partial charge >= 0.3 is 5.97 Å². The fourth-order valence-corrected chi connectivity index (χ4v) is 3.00. The van der Waals surface area contributed by atoms with Gasteiger partial charge in [-0.05, 0) is 36.6 Å². The van der Waals surface area contributed by atoms with E-state index in [0.29, 0.717) is 17.2 Å². The van der Waals surface area contributed by atoms with Gasteiger partial charge in [0.15, 0.2) is 12.4 Å². The second kappa shape index (κ2) is 5.79. The summed E-state index contributed by atoms with van der Waals surface area (Å²) < 4.78 is 16.0. The van der Waals surface area contributed by atoms with Gasteiger partial charge in [-0.3, -0.25) is 4.79 Å². The van der Waals surface area contributed by atoms with Crippen LogP contribution in [-0.2, 0) is 22.6 Å². The van der Waals surface area contributed by atoms with Crippen molar-refractivity contribution < 1.29 is 18.4 Å². The number of aromatic nitrogens is 2. The molecule has 4 rings (SSSR count). The number of aryl methyl sites for hydroxylation is 1. The maximum absolute atomic E-state index is 12.2. The SMILES string of the molecule is Cc1ccoc1-c1nnc(COC(=O)C2Cc3c(Cl)cccc32)o1. The van der Waals surface area contributed by atoms with Gasteiger partial charge in [0.1, 0.15) is 0 Å². The average molecular weight is 345 g/mol. The van der Waals surface area contributed by atoms with E-state index in [1.807, 2.05) is 25.1 Å². The molecule has 6 nitrogen and oxygen atoms in total. The third-order valence-corrected chi connectivity index (χ3v) is 4.44. The highest BCUT2D eigenvalue weighted by Crippen LogP contribution is 2.40. The first-order valence-corrected chi connectivity index (χ1v) is 7.82. The summed E-state index contributed by atoms with van der Waals surface area (Å²) in [7, 11) is 0. The molecule has 0 aliphatic heterocycles. The zero-order chi connectivity index (χ0) is 16.7. The summed E-state index contributed by atoms with van der Waals surface area (Å²) in [6, 6.07) is 7.34. The third-order valence-electron chi connectivity index (χ3n) is 4.08. The summed E-state index contributed by atoms with van der Waals surface area (Å²) in [5.74, 6) is 0.402. The van der Waals surface area contributed by atoms with E-state index in [1.165, 1.54) is 0 Å². The van der Waals surface area contributed by atoms with Crippen LogP contribution in [0.2, 0.25) is 5.02 Å². The molecule has 2 heterocycles. The van der Waals surface area contributed by atoms with Gasteiger partial charge in [0, 0.05) is 10.6 Å². The zero-order valence-electron chi connectivity index (χ0n) is 12.8. The van der Waals surface area contributed by atoms with Crippen LogP contribution in [-0.4, -0.2) is 16.2 Å². The van der Waals surface area contributed by atoms with Crippen molar-refractivity contribution >= 4 is 17.6 Å². The average Bonchev–Trinajstić information content (AvgIpc) is 3.16. The Morgan fingerprint density at radius 3 is 3.04 bits per heavy atom. The van der Waals surface area contributed by atoms with Gasteiger partial charge in [-0.1, -0.05) is 23.7 Å². The molecule has 0 saturated heterocycles. The number of furan rings is 1. The monoisotopic (exact) mass is 344 g/mol. The standard InChI is InChI=1S/C17H13ClN2O4/c1-9-5-6-22-15(9)16-20-19-14(24-16)8-23-17(21)12-7-11-10(12)3-2-4-13(11)18/h2-6,12H,7-8H2,1H3. The van der Waals surface area contributed by atoms with Gasteiger partial charge < -0.3 is 13.6 Å². The van der Waals surface area contributed by atoms with Crippen LogP contribution < -0.4 is 0 Å². The Bertz CT molecular complexity index is 915. The Hall–Kier alpha value is -2.60. The number of ether oxygens (including phenoxy) is 1. The molecule has 0 saturated carbocycles. The maximum Gasteiger partial charge on any atom is 0.314 e. The lowest BCUT2D eigenvalue weighted by Crippen LogP contribution is -2.27. The lowest BCUT2D eigenvalue weighted by Gasteiger charge is -2.28. The summed E-state index contributed by atoms with van der Waals surface area (Å²) >= 11 is 6.08. The molecule has 1 unspecified atom stereocenters. The molecule has 3 aromatic rings. The Morgan fingerprint density at radius 1 is 1.38 bits per heavy atom. The zero-order valence-corrected chi connectivity index (χ0v) is 13.5. The predicted octanol–water partition coefficient (Wildman–Crippen LogP) is 3.67. The Kier molecular flexibility index (Phi) is 3.61. The first-order chi connectivity index (χ1) is 11.6. The Balaban J connectivity index is 1.40. The quantitative estimate of drug-likeness (QED) is 0.672. The fraction of sp³-hybridized carbons (Fsp3) is 0.235. The van der Waals surface area contributed by atoms with E-state index in [2.05, 4.69) is 10.2 Å². The number of rotatable bonds is 4. The van der Waals surface area contributed by atoms with Crippen LogP contribution >= 0.6 is 11.6 Å². The molecular weight excluding hydrogens is 332 g/mol. The number of hydrogen-bond acceptors (Lipinski definition) is 6. The molecule has 0 bridgehead atoms. The predicted molar refractivity (Wildman–Crippen MR) is 84.4 cm³/mol. The maximum atomic E-state index is 12.2. The third kappa shape index (κ3) is 2.49. The van der Waals surface area contributed by atoms with Gasteiger partial charge in [-0.15, -0.1) is 10.2 Å². The minimum Gasteiger partial charge on any atom is -0.459 e. The number of esters is 1. The Labute approximate surface area is 142 Å². The van der Waals surface area contributed by atoms with E-state index in [9.17, 15) is 4.79 Å². The number of nitrogens with zero attached hydrogens (tertiary/aromatic N) is 2. The van der Waals surface area contributed by atoms with Crippen molar-refractivity contribution in [1.82, 2.24) is 10.2 Å². The molecule has 24 heavy (non-hydrogen) atoms. The van der Waals surface area contributed by atoms with E-state index in [1.54, 1.807) is 12.3 Å². The summed E-state index contributed by atoms with van der Waals surface area (Å²) in [4.78, 5) is 12.2. The highest BCUT2D eigenvalue weighted by Gasteiger charge is 2.35. The highest BCUT2D eigenvalue weighted by molar-refractivity contribution is 6.31. The fourth-order valence-electron chi connectivity index (χ4n) is 2.74. The van der Waals surface area contributed by atoms with Gasteiger partial charge in [-0.25, -0.2) is 0 Å². The Morgan fingerprint density at radius 2 is 2.25 bits per heavy atom. The summed E-state index contributed by atoms with van der Waals surface area (Å²) in [6.07, 6.45) is 2.14. The van der Waals surface area contributed by atoms with Crippen LogP contribution in [0.25, 0.3) is 11.7 Å². The second-order valence-electron chi connectivity index (χ2n) is 5.61. The molecule has 122 valence electrons. The van der Waals surface area contributed by atoms with Crippen molar-refractivity contribution in [2.45, 2.75) is 25.9 Å². The van der Waals surface area contributed by atoms with Gasteiger partial charge in [0.2, 0.25) is 0 Å². The van der Waals surface area contributed by atoms with Crippen molar-refractivity contribution in [3.63, 3.8) is 0 Å². The number of hydrogen-bond donors (Lipinski definition) is 0. The van der Waals surface area contributed by atoms with Crippen LogP contribution in [0.5, 0.6) is 0 Å². The molecule has 0 N–H and O–H groups in total.